The molecule has 0 atom stereocenters. The lowest BCUT2D eigenvalue weighted by atomic mass is 9.81. The Hall–Kier alpha value is -8.40. The van der Waals surface area contributed by atoms with Gasteiger partial charge in [-0.15, -0.1) is 22.7 Å². The van der Waals surface area contributed by atoms with Crippen LogP contribution >= 0.6 is 22.7 Å². The van der Waals surface area contributed by atoms with E-state index in [4.69, 9.17) is 10.5 Å². The van der Waals surface area contributed by atoms with Gasteiger partial charge < -0.3 is 0 Å². The predicted octanol–water partition coefficient (Wildman–Crippen LogP) is 17.0. The van der Waals surface area contributed by atoms with E-state index in [-0.39, 0.29) is 5.41 Å². The monoisotopic (exact) mass is 1040 g/mol. The van der Waals surface area contributed by atoms with E-state index in [1.54, 1.807) is 59.1 Å². The number of rotatable bonds is 6. The minimum atomic E-state index is -1.88. The van der Waals surface area contributed by atoms with Gasteiger partial charge in [-0.3, -0.25) is 0 Å². The second-order valence-electron chi connectivity index (χ2n) is 20.3. The van der Waals surface area contributed by atoms with Crippen molar-refractivity contribution in [2.24, 2.45) is 0 Å². The molecule has 0 spiro atoms. The van der Waals surface area contributed by atoms with E-state index in [0.717, 1.165) is 77.5 Å². The van der Waals surface area contributed by atoms with Crippen molar-refractivity contribution in [3.63, 3.8) is 0 Å². The Balaban J connectivity index is 0.885. The zero-order chi connectivity index (χ0) is 53.5. The van der Waals surface area contributed by atoms with Gasteiger partial charge >= 0.3 is 0 Å². The van der Waals surface area contributed by atoms with Crippen molar-refractivity contribution >= 4 is 46.0 Å². The molecule has 6 aromatic carbocycles. The van der Waals surface area contributed by atoms with Gasteiger partial charge in [-0.1, -0.05) is 102 Å². The molecule has 0 radical (unpaired) electrons. The molecule has 11 rings (SSSR count). The number of nitrogens with zero attached hydrogens (tertiary/aromatic N) is 4. The smallest absolute Gasteiger partial charge is 0.180 e. The Kier molecular flexibility index (Phi) is 11.0. The van der Waals surface area contributed by atoms with Crippen molar-refractivity contribution in [3.05, 3.63) is 198 Å². The number of hydrogen-bond acceptors (Lipinski definition) is 6. The molecule has 0 N–H and O–H groups in total. The SMILES string of the molecule is CC1(C)c2cc(/C=C(\C#N)c3c(F)c(F)c(C#N)c(F)c3F)ccc2-c2ccc(-c3cc4c(s3)-c3sc(-c5ccc6c(c5)C(C)(C)c5cc(/C=C(\C#N)c7c(F)c(F)c(C#N)c(F)c7F)ccc5-6)cc3C4(C)C)cc21. The molecule has 75 heavy (non-hydrogen) atoms. The van der Waals surface area contributed by atoms with E-state index in [9.17, 15) is 28.1 Å². The van der Waals surface area contributed by atoms with E-state index in [0.29, 0.717) is 11.1 Å². The number of nitriles is 4. The molecule has 3 aliphatic carbocycles. The standard InChI is InChI=1S/C61H34F8N4S2/c1-59(2)39-17-27(15-31(23-70)47-53(66)49(62)37(25-72)50(63)54(47)67)7-11-33(39)35-13-9-29(19-41(35)59)45-21-43-57(74-45)58-44(61(43,5)6)22-46(75-58)30-10-14-36-34-12-8-28(18-40(34)60(3,4)42(36)20-30)16-32(24-71)48-55(68)51(64)38(26-73)52(65)56(48)69/h7-22H,1-6H3/b31-15+,32-16+. The molecule has 2 heterocycles. The molecular formula is C61H34F8N4S2. The molecule has 14 heteroatoms. The average Bonchev–Trinajstić information content (AvgIpc) is 4.19. The lowest BCUT2D eigenvalue weighted by molar-refractivity contribution is 0.447. The topological polar surface area (TPSA) is 95.2 Å². The van der Waals surface area contributed by atoms with Gasteiger partial charge in [0, 0.05) is 35.8 Å². The molecule has 0 fully saturated rings. The van der Waals surface area contributed by atoms with Gasteiger partial charge in [0.2, 0.25) is 0 Å². The lowest BCUT2D eigenvalue weighted by Gasteiger charge is -2.22. The van der Waals surface area contributed by atoms with Crippen LogP contribution in [0, 0.1) is 91.9 Å². The second-order valence-corrected chi connectivity index (χ2v) is 22.4. The van der Waals surface area contributed by atoms with Gasteiger partial charge in [0.25, 0.3) is 0 Å². The summed E-state index contributed by atoms with van der Waals surface area (Å²) in [4.78, 5) is 4.52. The maximum absolute atomic E-state index is 15.0. The largest absolute Gasteiger partial charge is 0.203 e. The number of thiophene rings is 2. The van der Waals surface area contributed by atoms with Crippen LogP contribution in [0.25, 0.3) is 76.2 Å². The molecule has 0 amide bonds. The maximum Gasteiger partial charge on any atom is 0.180 e. The Morgan fingerprint density at radius 1 is 0.400 bits per heavy atom. The highest BCUT2D eigenvalue weighted by atomic mass is 32.1. The van der Waals surface area contributed by atoms with Gasteiger partial charge in [0.1, 0.15) is 23.3 Å². The average molecular weight is 1040 g/mol. The molecule has 3 aliphatic rings. The Morgan fingerprint density at radius 2 is 0.707 bits per heavy atom. The third-order valence-electron chi connectivity index (χ3n) is 15.1. The van der Waals surface area contributed by atoms with Crippen LogP contribution in [0.5, 0.6) is 0 Å². The van der Waals surface area contributed by atoms with Gasteiger partial charge in [-0.25, -0.2) is 35.1 Å². The first-order valence-electron chi connectivity index (χ1n) is 23.2. The number of halogens is 8. The summed E-state index contributed by atoms with van der Waals surface area (Å²) >= 11 is 3.44. The number of hydrogen-bond donors (Lipinski definition) is 0. The van der Waals surface area contributed by atoms with Crippen LogP contribution in [0.3, 0.4) is 0 Å². The molecule has 2 aromatic heterocycles. The summed E-state index contributed by atoms with van der Waals surface area (Å²) in [6, 6.07) is 33.4. The molecular weight excluding hydrogens is 1000 g/mol. The normalized spacial score (nSPS) is 15.0. The maximum atomic E-state index is 15.0. The van der Waals surface area contributed by atoms with Crippen LogP contribution in [0.15, 0.2) is 84.9 Å². The highest BCUT2D eigenvalue weighted by Gasteiger charge is 2.42. The van der Waals surface area contributed by atoms with Crippen LogP contribution in [-0.2, 0) is 16.2 Å². The molecule has 0 saturated heterocycles. The summed E-state index contributed by atoms with van der Waals surface area (Å²) in [7, 11) is 0. The van der Waals surface area contributed by atoms with Crippen LogP contribution in [-0.4, -0.2) is 0 Å². The summed E-state index contributed by atoms with van der Waals surface area (Å²) in [6.07, 6.45) is 2.33. The summed E-state index contributed by atoms with van der Waals surface area (Å²) in [5, 5.41) is 37.9. The Bertz CT molecular complexity index is 3870. The molecule has 4 nitrogen and oxygen atoms in total. The molecule has 366 valence electrons. The van der Waals surface area contributed by atoms with Gasteiger partial charge in [-0.2, -0.15) is 21.0 Å². The lowest BCUT2D eigenvalue weighted by Crippen LogP contribution is -2.15. The van der Waals surface area contributed by atoms with Crippen molar-refractivity contribution in [3.8, 4) is 77.2 Å². The van der Waals surface area contributed by atoms with Crippen molar-refractivity contribution in [1.82, 2.24) is 0 Å². The highest BCUT2D eigenvalue weighted by molar-refractivity contribution is 7.25. The Morgan fingerprint density at radius 3 is 1.03 bits per heavy atom. The molecule has 0 unspecified atom stereocenters. The third kappa shape index (κ3) is 6.94. The molecule has 0 saturated carbocycles. The van der Waals surface area contributed by atoms with E-state index in [1.807, 2.05) is 12.1 Å². The van der Waals surface area contributed by atoms with Gasteiger partial charge in [0.05, 0.1) is 34.4 Å². The van der Waals surface area contributed by atoms with E-state index < -0.39 is 90.8 Å². The van der Waals surface area contributed by atoms with Crippen molar-refractivity contribution in [2.45, 2.75) is 57.8 Å². The van der Waals surface area contributed by atoms with Gasteiger partial charge in [0.15, 0.2) is 46.5 Å². The fourth-order valence-corrected chi connectivity index (χ4v) is 13.8. The van der Waals surface area contributed by atoms with E-state index >= 15 is 17.6 Å². The fraction of sp³-hybridized carbons (Fsp3) is 0.148. The summed E-state index contributed by atoms with van der Waals surface area (Å²) < 4.78 is 118. The molecule has 0 bridgehead atoms. The predicted molar refractivity (Wildman–Crippen MR) is 275 cm³/mol. The van der Waals surface area contributed by atoms with Crippen LogP contribution < -0.4 is 0 Å². The highest BCUT2D eigenvalue weighted by Crippen LogP contribution is 2.60. The summed E-state index contributed by atoms with van der Waals surface area (Å²) in [5.41, 5.74) is 4.93. The van der Waals surface area contributed by atoms with Crippen LogP contribution in [0.1, 0.15) is 108 Å². The van der Waals surface area contributed by atoms with Crippen molar-refractivity contribution < 1.29 is 35.1 Å². The second kappa shape index (κ2) is 16.8. The minimum absolute atomic E-state index is 0.326. The zero-order valence-electron chi connectivity index (χ0n) is 40.4. The fourth-order valence-electron chi connectivity index (χ4n) is 11.1. The number of benzene rings is 6. The van der Waals surface area contributed by atoms with Gasteiger partial charge in [-0.05, 0) is 114 Å². The zero-order valence-corrected chi connectivity index (χ0v) is 42.0. The first-order chi connectivity index (χ1) is 35.6. The minimum Gasteiger partial charge on any atom is -0.203 e. The van der Waals surface area contributed by atoms with E-state index in [1.165, 1.54) is 33.0 Å². The first-order valence-corrected chi connectivity index (χ1v) is 24.9. The first kappa shape index (κ1) is 48.8. The quantitative estimate of drug-likeness (QED) is 0.0717. The summed E-state index contributed by atoms with van der Waals surface area (Å²) in [6.45, 7) is 12.7. The molecule has 0 aliphatic heterocycles. The third-order valence-corrected chi connectivity index (χ3v) is 17.7. The van der Waals surface area contributed by atoms with E-state index in [2.05, 4.69) is 90.1 Å². The summed E-state index contributed by atoms with van der Waals surface area (Å²) in [5.74, 6) is -14.8. The number of fused-ring (bicyclic) bond motifs is 9. The number of allylic oxidation sites excluding steroid dienone is 2. The van der Waals surface area contributed by atoms with Crippen molar-refractivity contribution in [2.75, 3.05) is 0 Å². The van der Waals surface area contributed by atoms with Crippen LogP contribution in [0.4, 0.5) is 35.1 Å². The van der Waals surface area contributed by atoms with Crippen molar-refractivity contribution in [1.29, 1.82) is 21.0 Å². The molecule has 8 aromatic rings. The Labute approximate surface area is 433 Å². The van der Waals surface area contributed by atoms with Crippen LogP contribution in [0.2, 0.25) is 0 Å².